The number of hydrogen-bond acceptors (Lipinski definition) is 4. The van der Waals surface area contributed by atoms with Crippen LogP contribution in [-0.4, -0.2) is 10.2 Å². The van der Waals surface area contributed by atoms with Crippen LogP contribution in [-0.2, 0) is 11.4 Å². The Hall–Kier alpha value is -1.82. The third-order valence-corrected chi connectivity index (χ3v) is 4.87. The van der Waals surface area contributed by atoms with Crippen LogP contribution in [0.1, 0.15) is 16.7 Å². The lowest BCUT2D eigenvalue weighted by Gasteiger charge is -2.09. The molecule has 0 unspecified atom stereocenters. The summed E-state index contributed by atoms with van der Waals surface area (Å²) < 4.78 is 6.24. The van der Waals surface area contributed by atoms with E-state index < -0.39 is 0 Å². The number of halogens is 1. The first-order valence-corrected chi connectivity index (χ1v) is 8.84. The number of amides is 1. The van der Waals surface area contributed by atoms with E-state index in [0.29, 0.717) is 26.6 Å². The summed E-state index contributed by atoms with van der Waals surface area (Å²) in [6, 6.07) is 13.6. The van der Waals surface area contributed by atoms with Gasteiger partial charge in [0.25, 0.3) is 5.91 Å². The fraction of sp³-hybridized carbons (Fsp3) is 0.111. The fourth-order valence-electron chi connectivity index (χ4n) is 2.14. The Morgan fingerprint density at radius 3 is 2.62 bits per heavy atom. The van der Waals surface area contributed by atoms with Gasteiger partial charge in [0.1, 0.15) is 16.7 Å². The molecule has 3 rings (SSSR count). The number of benzene rings is 2. The average Bonchev–Trinajstić information content (AvgIpc) is 2.86. The smallest absolute Gasteiger partial charge is 0.263 e. The second-order valence-corrected chi connectivity index (χ2v) is 7.44. The van der Waals surface area contributed by atoms with Gasteiger partial charge in [0.2, 0.25) is 0 Å². The van der Waals surface area contributed by atoms with Crippen molar-refractivity contribution in [1.29, 1.82) is 0 Å². The first kappa shape index (κ1) is 17.0. The minimum atomic E-state index is -0.180. The van der Waals surface area contributed by atoms with Crippen LogP contribution < -0.4 is 10.1 Å². The Morgan fingerprint density at radius 1 is 1.25 bits per heavy atom. The van der Waals surface area contributed by atoms with E-state index in [2.05, 4.69) is 5.32 Å². The zero-order valence-corrected chi connectivity index (χ0v) is 15.2. The number of hydrogen-bond donors (Lipinski definition) is 1. The largest absolute Gasteiger partial charge is 0.487 e. The topological polar surface area (TPSA) is 38.3 Å². The molecule has 1 N–H and O–H groups in total. The Labute approximate surface area is 155 Å². The molecule has 0 radical (unpaired) electrons. The second-order valence-electron chi connectivity index (χ2n) is 5.32. The molecule has 2 aromatic carbocycles. The van der Waals surface area contributed by atoms with Crippen LogP contribution in [0.2, 0.25) is 5.02 Å². The highest BCUT2D eigenvalue weighted by Crippen LogP contribution is 2.30. The number of carbonyl (C=O) groups is 1. The molecular weight excluding hydrogens is 362 g/mol. The lowest BCUT2D eigenvalue weighted by Crippen LogP contribution is -2.17. The number of ether oxygens (including phenoxy) is 1. The molecule has 0 aliphatic carbocycles. The summed E-state index contributed by atoms with van der Waals surface area (Å²) in [5.41, 5.74) is 3.11. The minimum absolute atomic E-state index is 0.180. The molecule has 1 saturated heterocycles. The van der Waals surface area contributed by atoms with E-state index in [1.807, 2.05) is 37.3 Å². The predicted octanol–water partition coefficient (Wildman–Crippen LogP) is 4.72. The highest BCUT2D eigenvalue weighted by molar-refractivity contribution is 8.26. The van der Waals surface area contributed by atoms with Gasteiger partial charge in [0, 0.05) is 0 Å². The molecule has 0 bridgehead atoms. The monoisotopic (exact) mass is 375 g/mol. The van der Waals surface area contributed by atoms with Crippen molar-refractivity contribution in [3.63, 3.8) is 0 Å². The van der Waals surface area contributed by atoms with Gasteiger partial charge in [-0.15, -0.1) is 0 Å². The van der Waals surface area contributed by atoms with Crippen molar-refractivity contribution in [2.75, 3.05) is 0 Å². The summed E-state index contributed by atoms with van der Waals surface area (Å²) in [4.78, 5) is 12.2. The van der Waals surface area contributed by atoms with Gasteiger partial charge in [-0.25, -0.2) is 0 Å². The maximum atomic E-state index is 11.7. The molecule has 0 atom stereocenters. The van der Waals surface area contributed by atoms with Crippen LogP contribution in [0.3, 0.4) is 0 Å². The molecule has 1 heterocycles. The standard InChI is InChI=1S/C18H14ClNO2S2/c1-11-2-4-12(5-3-11)10-22-15-7-6-13(8-14(15)19)9-16-17(21)20-18(23)24-16/h2-9H,10H2,1H3,(H,20,21,23). The predicted molar refractivity (Wildman–Crippen MR) is 103 cm³/mol. The summed E-state index contributed by atoms with van der Waals surface area (Å²) in [6.45, 7) is 2.50. The van der Waals surface area contributed by atoms with E-state index in [9.17, 15) is 4.79 Å². The van der Waals surface area contributed by atoms with Crippen molar-refractivity contribution in [3.05, 3.63) is 69.1 Å². The average molecular weight is 376 g/mol. The van der Waals surface area contributed by atoms with E-state index in [-0.39, 0.29) is 5.91 Å². The lowest BCUT2D eigenvalue weighted by molar-refractivity contribution is -0.115. The zero-order chi connectivity index (χ0) is 17.1. The number of rotatable bonds is 4. The molecule has 1 fully saturated rings. The molecule has 1 aliphatic rings. The van der Waals surface area contributed by atoms with Gasteiger partial charge in [0.05, 0.1) is 9.93 Å². The van der Waals surface area contributed by atoms with Crippen molar-refractivity contribution < 1.29 is 9.53 Å². The third-order valence-electron chi connectivity index (χ3n) is 3.41. The molecule has 1 aliphatic heterocycles. The number of thioether (sulfide) groups is 1. The van der Waals surface area contributed by atoms with Crippen molar-refractivity contribution >= 4 is 51.9 Å². The van der Waals surface area contributed by atoms with Gasteiger partial charge in [-0.3, -0.25) is 4.79 Å². The van der Waals surface area contributed by atoms with Crippen molar-refractivity contribution in [1.82, 2.24) is 5.32 Å². The minimum Gasteiger partial charge on any atom is -0.487 e. The molecule has 3 nitrogen and oxygen atoms in total. The number of nitrogens with one attached hydrogen (secondary N) is 1. The van der Waals surface area contributed by atoms with Crippen molar-refractivity contribution in [2.24, 2.45) is 0 Å². The van der Waals surface area contributed by atoms with Crippen LogP contribution in [0.5, 0.6) is 5.75 Å². The van der Waals surface area contributed by atoms with Crippen molar-refractivity contribution in [2.45, 2.75) is 13.5 Å². The number of carbonyl (C=O) groups excluding carboxylic acids is 1. The zero-order valence-electron chi connectivity index (χ0n) is 12.8. The van der Waals surface area contributed by atoms with Crippen molar-refractivity contribution in [3.8, 4) is 5.75 Å². The van der Waals surface area contributed by atoms with E-state index in [4.69, 9.17) is 28.6 Å². The highest BCUT2D eigenvalue weighted by atomic mass is 35.5. The lowest BCUT2D eigenvalue weighted by atomic mass is 10.1. The van der Waals surface area contributed by atoms with Gasteiger partial charge in [-0.2, -0.15) is 0 Å². The normalized spacial score (nSPS) is 15.7. The maximum absolute atomic E-state index is 11.7. The second kappa shape index (κ2) is 7.38. The Kier molecular flexibility index (Phi) is 5.23. The van der Waals surface area contributed by atoms with Crippen LogP contribution >= 0.6 is 35.6 Å². The number of aryl methyl sites for hydroxylation is 1. The molecule has 1 amide bonds. The van der Waals surface area contributed by atoms with Gasteiger partial charge in [-0.05, 0) is 36.3 Å². The molecule has 24 heavy (non-hydrogen) atoms. The SMILES string of the molecule is Cc1ccc(COc2ccc(C=C3SC(=S)NC3=O)cc2Cl)cc1. The van der Waals surface area contributed by atoms with E-state index >= 15 is 0 Å². The first-order chi connectivity index (χ1) is 11.5. The molecule has 122 valence electrons. The summed E-state index contributed by atoms with van der Waals surface area (Å²) >= 11 is 12.5. The van der Waals surface area contributed by atoms with Gasteiger partial charge in [0.15, 0.2) is 0 Å². The molecule has 0 aromatic heterocycles. The third kappa shape index (κ3) is 4.17. The van der Waals surface area contributed by atoms with E-state index in [1.54, 1.807) is 18.2 Å². The summed E-state index contributed by atoms with van der Waals surface area (Å²) in [6.07, 6.45) is 1.76. The summed E-state index contributed by atoms with van der Waals surface area (Å²) in [5, 5.41) is 3.09. The Morgan fingerprint density at radius 2 is 2.00 bits per heavy atom. The highest BCUT2D eigenvalue weighted by Gasteiger charge is 2.21. The van der Waals surface area contributed by atoms with Crippen LogP contribution in [0.25, 0.3) is 6.08 Å². The van der Waals surface area contributed by atoms with Crippen LogP contribution in [0.15, 0.2) is 47.4 Å². The Bertz CT molecular complexity index is 831. The molecular formula is C18H14ClNO2S2. The van der Waals surface area contributed by atoms with E-state index in [1.165, 1.54) is 17.3 Å². The quantitative estimate of drug-likeness (QED) is 0.620. The number of thiocarbonyl (C=S) groups is 1. The summed E-state index contributed by atoms with van der Waals surface area (Å²) in [7, 11) is 0. The van der Waals surface area contributed by atoms with Crippen LogP contribution in [0.4, 0.5) is 0 Å². The van der Waals surface area contributed by atoms with Crippen LogP contribution in [0, 0.1) is 6.92 Å². The van der Waals surface area contributed by atoms with Gasteiger partial charge >= 0.3 is 0 Å². The fourth-order valence-corrected chi connectivity index (χ4v) is 3.43. The maximum Gasteiger partial charge on any atom is 0.263 e. The van der Waals surface area contributed by atoms with Gasteiger partial charge in [-0.1, -0.05) is 71.5 Å². The first-order valence-electron chi connectivity index (χ1n) is 7.24. The summed E-state index contributed by atoms with van der Waals surface area (Å²) in [5.74, 6) is 0.430. The Balaban J connectivity index is 1.70. The molecule has 6 heteroatoms. The molecule has 0 saturated carbocycles. The van der Waals surface area contributed by atoms with Gasteiger partial charge < -0.3 is 10.1 Å². The molecule has 2 aromatic rings. The van der Waals surface area contributed by atoms with E-state index in [0.717, 1.165) is 11.1 Å². The molecule has 0 spiro atoms.